The van der Waals surface area contributed by atoms with E-state index in [9.17, 15) is 17.6 Å². The number of ether oxygens (including phenoxy) is 1. The van der Waals surface area contributed by atoms with E-state index in [-0.39, 0.29) is 0 Å². The summed E-state index contributed by atoms with van der Waals surface area (Å²) < 4.78 is 60.8. The fourth-order valence-electron chi connectivity index (χ4n) is 3.93. The number of hydrogen-bond donors (Lipinski definition) is 0. The maximum Gasteiger partial charge on any atom is 0.426 e. The van der Waals surface area contributed by atoms with Gasteiger partial charge in [-0.2, -0.15) is 14.0 Å². The van der Waals surface area contributed by atoms with E-state index in [1.54, 1.807) is 12.1 Å². The molecule has 30 heavy (non-hydrogen) atoms. The number of benzene rings is 2. The molecule has 0 unspecified atom stereocenters. The monoisotopic (exact) mass is 417 g/mol. The molecule has 3 rings (SSSR count). The van der Waals surface area contributed by atoms with Crippen LogP contribution in [-0.4, -0.2) is 0 Å². The van der Waals surface area contributed by atoms with Crippen molar-refractivity contribution in [3.63, 3.8) is 0 Å². The molecule has 0 radical (unpaired) electrons. The number of rotatable bonds is 6. The summed E-state index contributed by atoms with van der Waals surface area (Å²) in [5.74, 6) is -2.15. The summed E-state index contributed by atoms with van der Waals surface area (Å²) >= 11 is 0. The zero-order chi connectivity index (χ0) is 21.7. The van der Waals surface area contributed by atoms with Crippen molar-refractivity contribution in [3.8, 4) is 11.8 Å². The van der Waals surface area contributed by atoms with Crippen LogP contribution < -0.4 is 4.74 Å². The van der Waals surface area contributed by atoms with Gasteiger partial charge in [-0.25, -0.2) is 8.78 Å². The lowest BCUT2D eigenvalue weighted by atomic mass is 9.77. The molecular formula is C24H23F4NO. The molecule has 6 heteroatoms. The summed E-state index contributed by atoms with van der Waals surface area (Å²) in [6.45, 7) is 2.01. The van der Waals surface area contributed by atoms with Crippen LogP contribution in [0.2, 0.25) is 0 Å². The van der Waals surface area contributed by atoms with Crippen molar-refractivity contribution in [2.45, 2.75) is 51.1 Å². The van der Waals surface area contributed by atoms with E-state index in [4.69, 9.17) is 5.26 Å². The van der Waals surface area contributed by atoms with Crippen LogP contribution in [0.3, 0.4) is 0 Å². The topological polar surface area (TPSA) is 33.0 Å². The molecule has 0 N–H and O–H groups in total. The second-order valence-electron chi connectivity index (χ2n) is 7.64. The van der Waals surface area contributed by atoms with Crippen LogP contribution >= 0.6 is 0 Å². The van der Waals surface area contributed by atoms with Crippen molar-refractivity contribution < 1.29 is 22.3 Å². The van der Waals surface area contributed by atoms with Gasteiger partial charge in [0.15, 0.2) is 0 Å². The first-order valence-corrected chi connectivity index (χ1v) is 10.0. The molecule has 0 bridgehead atoms. The lowest BCUT2D eigenvalue weighted by Crippen LogP contribution is -2.22. The van der Waals surface area contributed by atoms with Crippen LogP contribution in [0.25, 0.3) is 0 Å². The highest BCUT2D eigenvalue weighted by atomic mass is 19.3. The quantitative estimate of drug-likeness (QED) is 0.368. The van der Waals surface area contributed by atoms with Crippen LogP contribution in [0, 0.1) is 28.9 Å². The predicted octanol–water partition coefficient (Wildman–Crippen LogP) is 7.20. The van der Waals surface area contributed by atoms with Gasteiger partial charge in [0.25, 0.3) is 0 Å². The Kier molecular flexibility index (Phi) is 6.81. The van der Waals surface area contributed by atoms with Gasteiger partial charge in [-0.1, -0.05) is 24.3 Å². The molecule has 0 amide bonds. The molecule has 1 fully saturated rings. The Labute approximate surface area is 173 Å². The van der Waals surface area contributed by atoms with Crippen molar-refractivity contribution in [2.24, 2.45) is 5.92 Å². The van der Waals surface area contributed by atoms with Crippen LogP contribution in [-0.2, 0) is 6.11 Å². The lowest BCUT2D eigenvalue weighted by Gasteiger charge is -2.28. The molecule has 2 aromatic carbocycles. The molecule has 0 saturated heterocycles. The zero-order valence-electron chi connectivity index (χ0n) is 16.7. The van der Waals surface area contributed by atoms with Gasteiger partial charge >= 0.3 is 6.11 Å². The molecule has 0 heterocycles. The number of hydrogen-bond acceptors (Lipinski definition) is 2. The van der Waals surface area contributed by atoms with E-state index in [1.807, 2.05) is 6.92 Å². The first-order chi connectivity index (χ1) is 14.3. The lowest BCUT2D eigenvalue weighted by molar-refractivity contribution is -0.185. The highest BCUT2D eigenvalue weighted by Gasteiger charge is 2.35. The van der Waals surface area contributed by atoms with Gasteiger partial charge in [0.05, 0.1) is 5.56 Å². The van der Waals surface area contributed by atoms with Gasteiger partial charge in [0.1, 0.15) is 29.0 Å². The minimum Gasteiger partial charge on any atom is -0.429 e. The van der Waals surface area contributed by atoms with Gasteiger partial charge in [0, 0.05) is 12.1 Å². The van der Waals surface area contributed by atoms with E-state index in [0.717, 1.165) is 37.7 Å². The van der Waals surface area contributed by atoms with Crippen LogP contribution in [0.15, 0.2) is 48.6 Å². The normalized spacial score (nSPS) is 19.6. The Balaban J connectivity index is 1.67. The van der Waals surface area contributed by atoms with Gasteiger partial charge in [-0.15, -0.1) is 0 Å². The number of alkyl halides is 2. The molecule has 2 aromatic rings. The standard InChI is InChI=1S/C24H23F4NO/c1-2-3-4-16-5-7-17(8-6-16)18-9-11-19(12-10-18)24(27,28)30-20-13-22(25)21(15-29)23(26)14-20/h2-3,9-14,16-17H,4-8H2,1H3/b3-2-. The van der Waals surface area contributed by atoms with Gasteiger partial charge in [-0.3, -0.25) is 0 Å². The fraction of sp³-hybridized carbons (Fsp3) is 0.375. The second-order valence-corrected chi connectivity index (χ2v) is 7.64. The summed E-state index contributed by atoms with van der Waals surface area (Å²) in [6, 6.07) is 8.42. The number of allylic oxidation sites excluding steroid dienone is 2. The zero-order valence-corrected chi connectivity index (χ0v) is 16.7. The minimum atomic E-state index is -3.77. The molecule has 0 spiro atoms. The summed E-state index contributed by atoms with van der Waals surface area (Å²) in [6.07, 6.45) is 5.85. The molecule has 158 valence electrons. The van der Waals surface area contributed by atoms with Gasteiger partial charge < -0.3 is 4.74 Å². The fourth-order valence-corrected chi connectivity index (χ4v) is 3.93. The second kappa shape index (κ2) is 9.34. The third kappa shape index (κ3) is 5.02. The maximum atomic E-state index is 14.5. The number of nitrogens with zero attached hydrogens (tertiary/aromatic N) is 1. The molecular weight excluding hydrogens is 394 g/mol. The Morgan fingerprint density at radius 3 is 2.20 bits per heavy atom. The third-order valence-electron chi connectivity index (χ3n) is 5.64. The largest absolute Gasteiger partial charge is 0.429 e. The maximum absolute atomic E-state index is 14.5. The average molecular weight is 417 g/mol. The summed E-state index contributed by atoms with van der Waals surface area (Å²) in [5, 5.41) is 8.66. The number of nitriles is 1. The highest BCUT2D eigenvalue weighted by Crippen LogP contribution is 2.39. The van der Waals surface area contributed by atoms with Crippen LogP contribution in [0.4, 0.5) is 17.6 Å². The smallest absolute Gasteiger partial charge is 0.426 e. The highest BCUT2D eigenvalue weighted by molar-refractivity contribution is 5.38. The summed E-state index contributed by atoms with van der Waals surface area (Å²) in [7, 11) is 0. The van der Waals surface area contributed by atoms with Crippen LogP contribution in [0.5, 0.6) is 5.75 Å². The molecule has 1 aliphatic rings. The van der Waals surface area contributed by atoms with E-state index in [2.05, 4.69) is 16.9 Å². The minimum absolute atomic E-state index is 0.345. The van der Waals surface area contributed by atoms with Crippen molar-refractivity contribution >= 4 is 0 Å². The first kappa shape index (κ1) is 21.9. The molecule has 0 aliphatic heterocycles. The van der Waals surface area contributed by atoms with Crippen molar-refractivity contribution in [2.75, 3.05) is 0 Å². The Hall–Kier alpha value is -2.81. The van der Waals surface area contributed by atoms with Crippen molar-refractivity contribution in [1.29, 1.82) is 5.26 Å². The number of halogens is 4. The van der Waals surface area contributed by atoms with E-state index >= 15 is 0 Å². The average Bonchev–Trinajstić information content (AvgIpc) is 2.72. The predicted molar refractivity (Wildman–Crippen MR) is 106 cm³/mol. The van der Waals surface area contributed by atoms with E-state index < -0.39 is 34.6 Å². The first-order valence-electron chi connectivity index (χ1n) is 10.0. The molecule has 2 nitrogen and oxygen atoms in total. The van der Waals surface area contributed by atoms with Gasteiger partial charge in [-0.05, 0) is 68.6 Å². The summed E-state index contributed by atoms with van der Waals surface area (Å²) in [4.78, 5) is 0. The molecule has 0 aromatic heterocycles. The summed E-state index contributed by atoms with van der Waals surface area (Å²) in [5.41, 5.74) is -0.233. The Bertz CT molecular complexity index is 916. The SMILES string of the molecule is C/C=C\CC1CCC(c2ccc(C(F)(F)Oc3cc(F)c(C#N)c(F)c3)cc2)CC1. The molecule has 0 atom stereocenters. The Morgan fingerprint density at radius 2 is 1.67 bits per heavy atom. The van der Waals surface area contributed by atoms with Gasteiger partial charge in [0.2, 0.25) is 0 Å². The Morgan fingerprint density at radius 1 is 1.07 bits per heavy atom. The molecule has 1 aliphatic carbocycles. The van der Waals surface area contributed by atoms with E-state index in [1.165, 1.54) is 18.2 Å². The van der Waals surface area contributed by atoms with Crippen molar-refractivity contribution in [3.05, 3.63) is 76.9 Å². The van der Waals surface area contributed by atoms with Crippen LogP contribution in [0.1, 0.15) is 61.6 Å². The third-order valence-corrected chi connectivity index (χ3v) is 5.64. The van der Waals surface area contributed by atoms with Crippen molar-refractivity contribution in [1.82, 2.24) is 0 Å². The molecule has 1 saturated carbocycles. The van der Waals surface area contributed by atoms with E-state index in [0.29, 0.717) is 24.0 Å².